The number of aromatic nitrogens is 2. The highest BCUT2D eigenvalue weighted by atomic mass is 32.2. The lowest BCUT2D eigenvalue weighted by Crippen LogP contribution is -2.29. The normalized spacial score (nSPS) is 15.8. The van der Waals surface area contributed by atoms with E-state index in [1.54, 1.807) is 24.3 Å². The molecule has 1 N–H and O–H groups in total. The van der Waals surface area contributed by atoms with E-state index in [0.717, 1.165) is 16.7 Å². The second-order valence-corrected chi connectivity index (χ2v) is 15.8. The van der Waals surface area contributed by atoms with Crippen molar-refractivity contribution >= 4 is 56.5 Å². The molecule has 51 heavy (non-hydrogen) atoms. The lowest BCUT2D eigenvalue weighted by atomic mass is 9.85. The average molecular weight is 712 g/mol. The summed E-state index contributed by atoms with van der Waals surface area (Å²) in [6.07, 6.45) is 0. The SMILES string of the molecule is Cc1cccc(COc2ccc(/C(O)=C3\C(=O)C(=O)N(c4nnc(SCc5cccc6ccccc56)s4)C3c3ccc(C(C)(C)C)cc3)cc2)c1. The number of amides is 1. The van der Waals surface area contributed by atoms with Gasteiger partial charge in [0.15, 0.2) is 4.34 Å². The van der Waals surface area contributed by atoms with Crippen LogP contribution in [0.1, 0.15) is 60.2 Å². The molecule has 1 saturated heterocycles. The van der Waals surface area contributed by atoms with Gasteiger partial charge in [-0.25, -0.2) is 0 Å². The number of fused-ring (bicyclic) bond motifs is 1. The van der Waals surface area contributed by atoms with Crippen LogP contribution < -0.4 is 9.64 Å². The zero-order valence-electron chi connectivity index (χ0n) is 28.8. The van der Waals surface area contributed by atoms with Gasteiger partial charge in [0.05, 0.1) is 11.6 Å². The summed E-state index contributed by atoms with van der Waals surface area (Å²) in [5.41, 5.74) is 5.45. The molecule has 0 aliphatic carbocycles. The van der Waals surface area contributed by atoms with E-state index in [1.807, 2.05) is 67.6 Å². The molecule has 5 aromatic carbocycles. The maximum absolute atomic E-state index is 13.8. The number of carbonyl (C=O) groups is 2. The molecule has 0 saturated carbocycles. The van der Waals surface area contributed by atoms with Crippen LogP contribution in [0.25, 0.3) is 16.5 Å². The van der Waals surface area contributed by atoms with Gasteiger partial charge < -0.3 is 9.84 Å². The first-order valence-electron chi connectivity index (χ1n) is 16.7. The van der Waals surface area contributed by atoms with Crippen LogP contribution >= 0.6 is 23.1 Å². The van der Waals surface area contributed by atoms with Crippen molar-refractivity contribution in [2.45, 2.75) is 55.9 Å². The highest BCUT2D eigenvalue weighted by Gasteiger charge is 2.48. The first kappa shape index (κ1) is 34.2. The summed E-state index contributed by atoms with van der Waals surface area (Å²) in [6.45, 7) is 8.81. The van der Waals surface area contributed by atoms with Gasteiger partial charge >= 0.3 is 5.91 Å². The number of aliphatic hydroxyl groups is 1. The molecule has 1 aliphatic heterocycles. The molecule has 1 aliphatic rings. The van der Waals surface area contributed by atoms with E-state index < -0.39 is 17.7 Å². The number of benzene rings is 5. The van der Waals surface area contributed by atoms with Gasteiger partial charge in [0.2, 0.25) is 5.13 Å². The zero-order chi connectivity index (χ0) is 35.7. The molecule has 1 unspecified atom stereocenters. The number of nitrogens with zero attached hydrogens (tertiary/aromatic N) is 3. The van der Waals surface area contributed by atoms with Gasteiger partial charge in [-0.15, -0.1) is 10.2 Å². The van der Waals surface area contributed by atoms with Crippen molar-refractivity contribution in [2.75, 3.05) is 4.90 Å². The number of rotatable bonds is 9. The minimum absolute atomic E-state index is 0.00269. The zero-order valence-corrected chi connectivity index (χ0v) is 30.4. The van der Waals surface area contributed by atoms with Gasteiger partial charge in [-0.05, 0) is 69.6 Å². The quantitative estimate of drug-likeness (QED) is 0.0525. The largest absolute Gasteiger partial charge is 0.507 e. The molecular weight excluding hydrogens is 675 g/mol. The van der Waals surface area contributed by atoms with Gasteiger partial charge in [0.1, 0.15) is 18.1 Å². The van der Waals surface area contributed by atoms with E-state index in [1.165, 1.54) is 44.3 Å². The molecule has 0 radical (unpaired) electrons. The second-order valence-electron chi connectivity index (χ2n) is 13.6. The summed E-state index contributed by atoms with van der Waals surface area (Å²) in [5, 5.41) is 23.2. The monoisotopic (exact) mass is 711 g/mol. The fourth-order valence-corrected chi connectivity index (χ4v) is 8.13. The van der Waals surface area contributed by atoms with Crippen LogP contribution in [0, 0.1) is 6.92 Å². The number of thioether (sulfide) groups is 1. The van der Waals surface area contributed by atoms with Crippen LogP contribution in [0.2, 0.25) is 0 Å². The third kappa shape index (κ3) is 7.18. The Morgan fingerprint density at radius 2 is 1.61 bits per heavy atom. The standard InChI is InChI=1S/C42H37N3O4S2/c1-26-9-7-10-27(23-26)24-49-33-21-17-30(18-22-33)37(46)35-36(29-15-19-32(20-16-29)42(2,3)4)45(39(48)38(35)47)40-43-44-41(51-40)50-25-31-13-8-12-28-11-5-6-14-34(28)31/h5-23,36,46H,24-25H2,1-4H3/b37-35+. The Labute approximate surface area is 305 Å². The van der Waals surface area contributed by atoms with Crippen LogP contribution in [0.4, 0.5) is 5.13 Å². The molecule has 9 heteroatoms. The number of anilines is 1. The number of aliphatic hydroxyl groups excluding tert-OH is 1. The summed E-state index contributed by atoms with van der Waals surface area (Å²) < 4.78 is 6.65. The Morgan fingerprint density at radius 1 is 0.882 bits per heavy atom. The van der Waals surface area contributed by atoms with Gasteiger partial charge in [0.25, 0.3) is 5.78 Å². The number of aryl methyl sites for hydroxylation is 1. The third-order valence-corrected chi connectivity index (χ3v) is 11.1. The summed E-state index contributed by atoms with van der Waals surface area (Å²) in [6, 6.07) is 36.4. The Morgan fingerprint density at radius 3 is 2.35 bits per heavy atom. The summed E-state index contributed by atoms with van der Waals surface area (Å²) in [4.78, 5) is 29.0. The van der Waals surface area contributed by atoms with Crippen molar-refractivity contribution in [2.24, 2.45) is 0 Å². The van der Waals surface area contributed by atoms with Crippen LogP contribution in [0.3, 0.4) is 0 Å². The number of carbonyl (C=O) groups excluding carboxylic acids is 2. The van der Waals surface area contributed by atoms with Crippen molar-refractivity contribution in [3.63, 3.8) is 0 Å². The molecular formula is C42H37N3O4S2. The molecule has 1 aromatic heterocycles. The van der Waals surface area contributed by atoms with Crippen LogP contribution in [0.5, 0.6) is 5.75 Å². The smallest absolute Gasteiger partial charge is 0.301 e. The number of ether oxygens (including phenoxy) is 1. The minimum Gasteiger partial charge on any atom is -0.507 e. The minimum atomic E-state index is -0.903. The maximum atomic E-state index is 13.8. The van der Waals surface area contributed by atoms with Gasteiger partial charge in [0, 0.05) is 11.3 Å². The topological polar surface area (TPSA) is 92.6 Å². The van der Waals surface area contributed by atoms with E-state index >= 15 is 0 Å². The Balaban J connectivity index is 1.20. The molecule has 1 fully saturated rings. The Hall–Kier alpha value is -5.25. The van der Waals surface area contributed by atoms with Crippen molar-refractivity contribution in [1.29, 1.82) is 0 Å². The van der Waals surface area contributed by atoms with Crippen molar-refractivity contribution < 1.29 is 19.4 Å². The predicted molar refractivity (Wildman–Crippen MR) is 205 cm³/mol. The van der Waals surface area contributed by atoms with Gasteiger partial charge in [-0.2, -0.15) is 0 Å². The van der Waals surface area contributed by atoms with Crippen LogP contribution in [-0.4, -0.2) is 27.0 Å². The highest BCUT2D eigenvalue weighted by Crippen LogP contribution is 2.44. The Bertz CT molecular complexity index is 2270. The summed E-state index contributed by atoms with van der Waals surface area (Å²) in [7, 11) is 0. The molecule has 6 aromatic rings. The van der Waals surface area contributed by atoms with Gasteiger partial charge in [-0.1, -0.05) is 140 Å². The molecule has 7 nitrogen and oxygen atoms in total. The van der Waals surface area contributed by atoms with Crippen LogP contribution in [0.15, 0.2) is 125 Å². The number of hydrogen-bond donors (Lipinski definition) is 1. The molecule has 0 bridgehead atoms. The number of hydrogen-bond acceptors (Lipinski definition) is 8. The fraction of sp³-hybridized carbons (Fsp3) is 0.190. The molecule has 7 rings (SSSR count). The third-order valence-electron chi connectivity index (χ3n) is 8.99. The predicted octanol–water partition coefficient (Wildman–Crippen LogP) is 9.79. The highest BCUT2D eigenvalue weighted by molar-refractivity contribution is 8.00. The van der Waals surface area contributed by atoms with E-state index in [9.17, 15) is 14.7 Å². The van der Waals surface area contributed by atoms with Gasteiger partial charge in [-0.3, -0.25) is 14.5 Å². The van der Waals surface area contributed by atoms with E-state index in [0.29, 0.717) is 38.7 Å². The first-order chi connectivity index (χ1) is 24.6. The summed E-state index contributed by atoms with van der Waals surface area (Å²) >= 11 is 2.78. The fourth-order valence-electron chi connectivity index (χ4n) is 6.26. The molecule has 256 valence electrons. The van der Waals surface area contributed by atoms with E-state index in [4.69, 9.17) is 4.74 Å². The van der Waals surface area contributed by atoms with Crippen molar-refractivity contribution in [1.82, 2.24) is 10.2 Å². The van der Waals surface area contributed by atoms with Crippen molar-refractivity contribution in [3.8, 4) is 5.75 Å². The molecule has 0 spiro atoms. The second kappa shape index (κ2) is 14.2. The average Bonchev–Trinajstić information content (AvgIpc) is 3.70. The van der Waals surface area contributed by atoms with E-state index in [-0.39, 0.29) is 16.7 Å². The maximum Gasteiger partial charge on any atom is 0.301 e. The van der Waals surface area contributed by atoms with Crippen LogP contribution in [-0.2, 0) is 27.4 Å². The lowest BCUT2D eigenvalue weighted by molar-refractivity contribution is -0.132. The number of ketones is 1. The molecule has 1 atom stereocenters. The number of Topliss-reactive ketones (excluding diaryl/α,β-unsaturated/α-hetero) is 1. The molecule has 1 amide bonds. The first-order valence-corrected chi connectivity index (χ1v) is 18.5. The van der Waals surface area contributed by atoms with E-state index in [2.05, 4.69) is 61.3 Å². The van der Waals surface area contributed by atoms with Crippen molar-refractivity contribution in [3.05, 3.63) is 154 Å². The summed E-state index contributed by atoms with van der Waals surface area (Å²) in [5.74, 6) is -0.526. The lowest BCUT2D eigenvalue weighted by Gasteiger charge is -2.24. The Kier molecular flexibility index (Phi) is 9.50. The molecule has 2 heterocycles.